The van der Waals surface area contributed by atoms with E-state index in [0.29, 0.717) is 0 Å². The van der Waals surface area contributed by atoms with E-state index >= 15 is 0 Å². The third-order valence-corrected chi connectivity index (χ3v) is 10.9. The molecule has 5 heteroatoms. The van der Waals surface area contributed by atoms with Crippen molar-refractivity contribution >= 4 is 33.9 Å². The lowest BCUT2D eigenvalue weighted by Gasteiger charge is -2.36. The van der Waals surface area contributed by atoms with Crippen LogP contribution >= 0.6 is 0 Å². The molecular weight excluding hydrogens is 635 g/mol. The largest absolute Gasteiger partial charge is 0.338 e. The highest BCUT2D eigenvalue weighted by Crippen LogP contribution is 2.39. The van der Waals surface area contributed by atoms with E-state index in [-0.39, 0.29) is 6.04 Å². The second-order valence-electron chi connectivity index (χ2n) is 14.3. The van der Waals surface area contributed by atoms with Crippen molar-refractivity contribution in [2.75, 3.05) is 4.90 Å². The van der Waals surface area contributed by atoms with Crippen LogP contribution in [0.3, 0.4) is 0 Å². The first kappa shape index (κ1) is 32.2. The summed E-state index contributed by atoms with van der Waals surface area (Å²) in [5.41, 5.74) is 12.8. The third-order valence-electron chi connectivity index (χ3n) is 10.9. The number of fused-ring (bicyclic) bond motifs is 3. The van der Waals surface area contributed by atoms with Crippen LogP contribution in [0.5, 0.6) is 0 Å². The summed E-state index contributed by atoms with van der Waals surface area (Å²) in [5, 5.41) is 11.0. The molecule has 0 N–H and O–H groups in total. The molecule has 52 heavy (non-hydrogen) atoms. The molecule has 0 amide bonds. The van der Waals surface area contributed by atoms with E-state index in [4.69, 9.17) is 10.2 Å². The van der Waals surface area contributed by atoms with Gasteiger partial charge in [-0.15, -0.1) is 10.2 Å². The molecule has 0 aliphatic heterocycles. The maximum Gasteiger partial charge on any atom is 0.168 e. The van der Waals surface area contributed by atoms with Crippen molar-refractivity contribution in [1.29, 1.82) is 0 Å². The summed E-state index contributed by atoms with van der Waals surface area (Å²) < 4.78 is 4.79. The van der Waals surface area contributed by atoms with Crippen molar-refractivity contribution in [3.63, 3.8) is 0 Å². The first-order valence-electron chi connectivity index (χ1n) is 19.1. The predicted octanol–water partition coefficient (Wildman–Crippen LogP) is 11.4. The maximum absolute atomic E-state index is 4.82. The van der Waals surface area contributed by atoms with Crippen molar-refractivity contribution in [3.8, 4) is 17.1 Å². The number of para-hydroxylation sites is 1. The van der Waals surface area contributed by atoms with Gasteiger partial charge in [-0.25, -0.2) is 0 Å². The fraction of sp³-hybridized carbons (Fsp3) is 0.234. The lowest BCUT2D eigenvalue weighted by Crippen LogP contribution is -2.34. The number of hydrogen-bond acceptors (Lipinski definition) is 3. The third kappa shape index (κ3) is 5.94. The number of aromatic nitrogens is 4. The number of rotatable bonds is 9. The Morgan fingerprint density at radius 1 is 0.731 bits per heavy atom. The molecule has 5 nitrogen and oxygen atoms in total. The zero-order valence-electron chi connectivity index (χ0n) is 30.0. The average Bonchev–Trinajstić information content (AvgIpc) is 3.80. The minimum atomic E-state index is 0.255. The van der Waals surface area contributed by atoms with Crippen LogP contribution in [0.15, 0.2) is 139 Å². The lowest BCUT2D eigenvalue weighted by molar-refractivity contribution is 0.717. The zero-order valence-corrected chi connectivity index (χ0v) is 30.0. The van der Waals surface area contributed by atoms with Gasteiger partial charge in [0.1, 0.15) is 0 Å². The van der Waals surface area contributed by atoms with Crippen molar-refractivity contribution in [2.24, 2.45) is 0 Å². The summed E-state index contributed by atoms with van der Waals surface area (Å²) in [7, 11) is 0. The molecular formula is C47H45N5. The molecule has 0 fully saturated rings. The van der Waals surface area contributed by atoms with Gasteiger partial charge >= 0.3 is 0 Å². The molecule has 4 aliphatic carbocycles. The Hall–Kier alpha value is -5.68. The van der Waals surface area contributed by atoms with Gasteiger partial charge in [0.05, 0.1) is 11.6 Å². The Bertz CT molecular complexity index is 2330. The van der Waals surface area contributed by atoms with Gasteiger partial charge < -0.3 is 9.47 Å². The number of aryl methyl sites for hydroxylation is 1. The van der Waals surface area contributed by atoms with E-state index in [9.17, 15) is 0 Å². The van der Waals surface area contributed by atoms with E-state index < -0.39 is 0 Å². The Labute approximate surface area is 307 Å². The standard InChI is InChI=1S/C47H45N5/c1-2-13-34-22-26-41(27-23-34)52-46(35-14-5-3-6-15-35)48-49-47(52)36-24-28-38(29-25-36)50(37-16-7-4-8-17-37)39-30-32-40(33-31-39)51-44-20-11-9-18-42(44)43-19-10-12-21-45(43)51/h3-5,7-11,14,16,18-20,22-30,32,37H,2,6,12-13,15,17,21,31,33H2,1H3. The summed E-state index contributed by atoms with van der Waals surface area (Å²) >= 11 is 0. The van der Waals surface area contributed by atoms with Crippen LogP contribution in [-0.4, -0.2) is 25.4 Å². The topological polar surface area (TPSA) is 38.9 Å². The second-order valence-corrected chi connectivity index (χ2v) is 14.3. The minimum absolute atomic E-state index is 0.255. The van der Waals surface area contributed by atoms with E-state index in [1.807, 2.05) is 0 Å². The van der Waals surface area contributed by atoms with Crippen molar-refractivity contribution in [2.45, 2.75) is 70.8 Å². The van der Waals surface area contributed by atoms with E-state index in [1.54, 1.807) is 0 Å². The first-order valence-corrected chi connectivity index (χ1v) is 19.1. The molecule has 1 unspecified atom stereocenters. The van der Waals surface area contributed by atoms with Crippen LogP contribution in [0.4, 0.5) is 5.69 Å². The molecule has 0 saturated heterocycles. The van der Waals surface area contributed by atoms with Gasteiger partial charge in [-0.2, -0.15) is 0 Å². The highest BCUT2D eigenvalue weighted by molar-refractivity contribution is 5.94. The molecule has 3 aromatic carbocycles. The van der Waals surface area contributed by atoms with Crippen LogP contribution < -0.4 is 4.90 Å². The van der Waals surface area contributed by atoms with Crippen molar-refractivity contribution in [3.05, 3.63) is 162 Å². The van der Waals surface area contributed by atoms with Gasteiger partial charge in [0.25, 0.3) is 0 Å². The molecule has 1 atom stereocenters. The molecule has 0 spiro atoms. The Kier molecular flexibility index (Phi) is 8.77. The Morgan fingerprint density at radius 2 is 1.58 bits per heavy atom. The van der Waals surface area contributed by atoms with Gasteiger partial charge in [-0.3, -0.25) is 4.57 Å². The van der Waals surface area contributed by atoms with Gasteiger partial charge in [0.15, 0.2) is 11.6 Å². The molecule has 0 saturated carbocycles. The number of anilines is 1. The Morgan fingerprint density at radius 3 is 2.35 bits per heavy atom. The van der Waals surface area contributed by atoms with Crippen LogP contribution in [0, 0.1) is 0 Å². The highest BCUT2D eigenvalue weighted by Gasteiger charge is 2.26. The summed E-state index contributed by atoms with van der Waals surface area (Å²) in [5.74, 6) is 1.80. The molecule has 0 bridgehead atoms. The summed E-state index contributed by atoms with van der Waals surface area (Å²) in [6.07, 6.45) is 34.3. The average molecular weight is 680 g/mol. The first-order chi connectivity index (χ1) is 25.8. The lowest BCUT2D eigenvalue weighted by atomic mass is 9.99. The number of allylic oxidation sites excluding steroid dienone is 11. The summed E-state index contributed by atoms with van der Waals surface area (Å²) in [6.45, 7) is 2.23. The van der Waals surface area contributed by atoms with Gasteiger partial charge in [-0.1, -0.05) is 98.4 Å². The summed E-state index contributed by atoms with van der Waals surface area (Å²) in [6, 6.07) is 27.1. The number of benzene rings is 3. The number of hydrogen-bond donors (Lipinski definition) is 0. The normalized spacial score (nSPS) is 17.9. The quantitative estimate of drug-likeness (QED) is 0.156. The fourth-order valence-electron chi connectivity index (χ4n) is 8.42. The minimum Gasteiger partial charge on any atom is -0.338 e. The molecule has 4 aliphatic rings. The molecule has 2 heterocycles. The van der Waals surface area contributed by atoms with Crippen molar-refractivity contribution < 1.29 is 0 Å². The maximum atomic E-state index is 4.82. The van der Waals surface area contributed by atoms with Crippen LogP contribution in [0.2, 0.25) is 0 Å². The van der Waals surface area contributed by atoms with Crippen molar-refractivity contribution in [1.82, 2.24) is 19.3 Å². The van der Waals surface area contributed by atoms with E-state index in [0.717, 1.165) is 80.7 Å². The van der Waals surface area contributed by atoms with Crippen LogP contribution in [0.1, 0.15) is 74.5 Å². The van der Waals surface area contributed by atoms with E-state index in [2.05, 4.69) is 161 Å². The highest BCUT2D eigenvalue weighted by atomic mass is 15.3. The number of nitrogens with zero attached hydrogens (tertiary/aromatic N) is 5. The molecule has 9 rings (SSSR count). The van der Waals surface area contributed by atoms with Gasteiger partial charge in [0.2, 0.25) is 0 Å². The summed E-state index contributed by atoms with van der Waals surface area (Å²) in [4.78, 5) is 2.55. The zero-order chi connectivity index (χ0) is 34.9. The smallest absolute Gasteiger partial charge is 0.168 e. The van der Waals surface area contributed by atoms with E-state index in [1.165, 1.54) is 50.4 Å². The van der Waals surface area contributed by atoms with Crippen LogP contribution in [0.25, 0.3) is 45.3 Å². The monoisotopic (exact) mass is 679 g/mol. The van der Waals surface area contributed by atoms with Gasteiger partial charge in [-0.05, 0) is 117 Å². The molecule has 2 aromatic heterocycles. The SMILES string of the molecule is CCCc1ccc(-n2c(C3=CC=CCC3)nnc2-c2ccc(N(C3=CC=C(n4c5c(c6ccccc64)C=CCC5)CC3)C3C=CC=CC3)cc2)cc1. The van der Waals surface area contributed by atoms with Gasteiger partial charge in [0, 0.05) is 45.0 Å². The predicted molar refractivity (Wildman–Crippen MR) is 217 cm³/mol. The molecule has 5 aromatic rings. The molecule has 0 radical (unpaired) electrons. The molecule has 258 valence electrons. The Balaban J connectivity index is 1.08. The second kappa shape index (κ2) is 14.1. The fourth-order valence-corrected chi connectivity index (χ4v) is 8.42. The van der Waals surface area contributed by atoms with Crippen LogP contribution in [-0.2, 0) is 12.8 Å².